The number of carbonyl (C=O) groups is 1. The topological polar surface area (TPSA) is 46.5 Å². The Balaban J connectivity index is 2.92. The number of unbranched alkanes of at least 4 members (excludes halogenated alkanes) is 2. The first-order chi connectivity index (χ1) is 12.7. The summed E-state index contributed by atoms with van der Waals surface area (Å²) >= 11 is 0. The molecule has 0 bridgehead atoms. The van der Waals surface area contributed by atoms with E-state index in [2.05, 4.69) is 55.4 Å². The molecule has 0 saturated carbocycles. The standard InChI is InChI=1S/C25H42O3/c1-17(2)13-11-10-12-14-28-23(27)18(3)19-15-20(24(4,5)6)22(26)21(16-19)25(7,8)9/h15-18,26H,10-14H2,1-9H3. The Morgan fingerprint density at radius 3 is 1.86 bits per heavy atom. The van der Waals surface area contributed by atoms with Crippen LogP contribution in [-0.4, -0.2) is 17.7 Å². The van der Waals surface area contributed by atoms with Crippen molar-refractivity contribution in [2.75, 3.05) is 6.61 Å². The zero-order valence-electron chi connectivity index (χ0n) is 19.6. The number of phenols is 1. The van der Waals surface area contributed by atoms with Crippen LogP contribution in [0.2, 0.25) is 0 Å². The van der Waals surface area contributed by atoms with E-state index in [-0.39, 0.29) is 22.7 Å². The first-order valence-electron chi connectivity index (χ1n) is 10.8. The fraction of sp³-hybridized carbons (Fsp3) is 0.720. The van der Waals surface area contributed by atoms with Crippen molar-refractivity contribution in [2.45, 2.75) is 105 Å². The fourth-order valence-electron chi connectivity index (χ4n) is 3.32. The van der Waals surface area contributed by atoms with Crippen LogP contribution >= 0.6 is 0 Å². The van der Waals surface area contributed by atoms with E-state index in [1.807, 2.05) is 19.1 Å². The van der Waals surface area contributed by atoms with Gasteiger partial charge in [0.15, 0.2) is 0 Å². The summed E-state index contributed by atoms with van der Waals surface area (Å²) in [6.07, 6.45) is 4.43. The van der Waals surface area contributed by atoms with E-state index in [0.717, 1.165) is 35.4 Å². The number of hydrogen-bond donors (Lipinski definition) is 1. The third kappa shape index (κ3) is 7.14. The van der Waals surface area contributed by atoms with Crippen molar-refractivity contribution in [3.63, 3.8) is 0 Å². The van der Waals surface area contributed by atoms with Gasteiger partial charge in [-0.05, 0) is 46.8 Å². The quantitative estimate of drug-likeness (QED) is 0.390. The second kappa shape index (κ2) is 9.80. The molecule has 0 aliphatic heterocycles. The Morgan fingerprint density at radius 1 is 0.929 bits per heavy atom. The van der Waals surface area contributed by atoms with Crippen LogP contribution in [0.25, 0.3) is 0 Å². The van der Waals surface area contributed by atoms with Crippen molar-refractivity contribution in [1.82, 2.24) is 0 Å². The van der Waals surface area contributed by atoms with Crippen LogP contribution in [-0.2, 0) is 20.4 Å². The van der Waals surface area contributed by atoms with Gasteiger partial charge in [-0.1, -0.05) is 86.8 Å². The lowest BCUT2D eigenvalue weighted by atomic mass is 9.77. The van der Waals surface area contributed by atoms with Crippen molar-refractivity contribution >= 4 is 5.97 Å². The lowest BCUT2D eigenvalue weighted by molar-refractivity contribution is -0.145. The van der Waals surface area contributed by atoms with Crippen molar-refractivity contribution in [3.05, 3.63) is 28.8 Å². The molecule has 0 saturated heterocycles. The third-order valence-corrected chi connectivity index (χ3v) is 5.27. The predicted octanol–water partition coefficient (Wildman–Crippen LogP) is 6.85. The normalized spacial score (nSPS) is 13.6. The van der Waals surface area contributed by atoms with Crippen molar-refractivity contribution in [1.29, 1.82) is 0 Å². The summed E-state index contributed by atoms with van der Waals surface area (Å²) in [5.41, 5.74) is 2.25. The van der Waals surface area contributed by atoms with E-state index in [9.17, 15) is 9.90 Å². The predicted molar refractivity (Wildman–Crippen MR) is 118 cm³/mol. The lowest BCUT2D eigenvalue weighted by Crippen LogP contribution is -2.20. The van der Waals surface area contributed by atoms with Gasteiger partial charge < -0.3 is 9.84 Å². The third-order valence-electron chi connectivity index (χ3n) is 5.27. The van der Waals surface area contributed by atoms with Gasteiger partial charge in [-0.3, -0.25) is 4.79 Å². The summed E-state index contributed by atoms with van der Waals surface area (Å²) in [6.45, 7) is 19.3. The Morgan fingerprint density at radius 2 is 1.43 bits per heavy atom. The van der Waals surface area contributed by atoms with Crippen LogP contribution in [0.5, 0.6) is 5.75 Å². The molecule has 0 radical (unpaired) electrons. The zero-order valence-corrected chi connectivity index (χ0v) is 19.6. The second-order valence-corrected chi connectivity index (χ2v) is 10.6. The maximum absolute atomic E-state index is 12.6. The molecule has 0 aliphatic carbocycles. The Hall–Kier alpha value is -1.51. The molecular weight excluding hydrogens is 348 g/mol. The Kier molecular flexibility index (Phi) is 8.59. The summed E-state index contributed by atoms with van der Waals surface area (Å²) in [7, 11) is 0. The van der Waals surface area contributed by atoms with Crippen molar-refractivity contribution in [2.24, 2.45) is 5.92 Å². The zero-order chi connectivity index (χ0) is 21.7. The van der Waals surface area contributed by atoms with Crippen LogP contribution in [0, 0.1) is 5.92 Å². The number of ether oxygens (including phenoxy) is 1. The highest BCUT2D eigenvalue weighted by Gasteiger charge is 2.29. The number of phenolic OH excluding ortho intramolecular Hbond substituents is 1. The number of esters is 1. The molecule has 1 rings (SSSR count). The molecule has 0 amide bonds. The number of carbonyl (C=O) groups excluding carboxylic acids is 1. The van der Waals surface area contributed by atoms with Crippen molar-refractivity contribution < 1.29 is 14.6 Å². The second-order valence-electron chi connectivity index (χ2n) is 10.6. The highest BCUT2D eigenvalue weighted by molar-refractivity contribution is 5.78. The van der Waals surface area contributed by atoms with Gasteiger partial charge in [-0.15, -0.1) is 0 Å². The van der Waals surface area contributed by atoms with Gasteiger partial charge in [0.2, 0.25) is 0 Å². The Labute approximate surface area is 172 Å². The van der Waals surface area contributed by atoms with E-state index in [1.54, 1.807) is 0 Å². The van der Waals surface area contributed by atoms with Gasteiger partial charge in [0, 0.05) is 0 Å². The minimum atomic E-state index is -0.349. The summed E-state index contributed by atoms with van der Waals surface area (Å²) < 4.78 is 5.55. The van der Waals surface area contributed by atoms with Crippen LogP contribution in [0.15, 0.2) is 12.1 Å². The largest absolute Gasteiger partial charge is 0.507 e. The SMILES string of the molecule is CC(C)CCCCCOC(=O)C(C)c1cc(C(C)(C)C)c(O)c(C(C)(C)C)c1. The van der Waals surface area contributed by atoms with E-state index in [1.165, 1.54) is 12.8 Å². The molecule has 1 aromatic carbocycles. The molecule has 1 aromatic rings. The van der Waals surface area contributed by atoms with E-state index in [4.69, 9.17) is 4.74 Å². The molecule has 3 nitrogen and oxygen atoms in total. The molecule has 0 fully saturated rings. The minimum Gasteiger partial charge on any atom is -0.507 e. The average molecular weight is 391 g/mol. The van der Waals surface area contributed by atoms with Crippen LogP contribution in [0.1, 0.15) is 111 Å². The summed E-state index contributed by atoms with van der Waals surface area (Å²) in [4.78, 5) is 12.6. The lowest BCUT2D eigenvalue weighted by Gasteiger charge is -2.29. The highest BCUT2D eigenvalue weighted by Crippen LogP contribution is 2.41. The summed E-state index contributed by atoms with van der Waals surface area (Å²) in [5.74, 6) is 0.535. The summed E-state index contributed by atoms with van der Waals surface area (Å²) in [5, 5.41) is 10.9. The van der Waals surface area contributed by atoms with Crippen molar-refractivity contribution in [3.8, 4) is 5.75 Å². The van der Waals surface area contributed by atoms with Gasteiger partial charge >= 0.3 is 5.97 Å². The molecule has 160 valence electrons. The number of aromatic hydroxyl groups is 1. The van der Waals surface area contributed by atoms with Crippen LogP contribution in [0.4, 0.5) is 0 Å². The highest BCUT2D eigenvalue weighted by atomic mass is 16.5. The van der Waals surface area contributed by atoms with Crippen LogP contribution in [0.3, 0.4) is 0 Å². The maximum atomic E-state index is 12.6. The number of hydrogen-bond acceptors (Lipinski definition) is 3. The molecule has 1 N–H and O–H groups in total. The molecule has 0 aliphatic rings. The average Bonchev–Trinajstić information content (AvgIpc) is 2.54. The number of benzene rings is 1. The van der Waals surface area contributed by atoms with Gasteiger partial charge in [-0.2, -0.15) is 0 Å². The molecule has 3 heteroatoms. The monoisotopic (exact) mass is 390 g/mol. The number of rotatable bonds is 8. The van der Waals surface area contributed by atoms with Gasteiger partial charge in [0.1, 0.15) is 5.75 Å². The molecule has 0 heterocycles. The van der Waals surface area contributed by atoms with Gasteiger partial charge in [0.25, 0.3) is 0 Å². The van der Waals surface area contributed by atoms with E-state index < -0.39 is 0 Å². The smallest absolute Gasteiger partial charge is 0.313 e. The first-order valence-corrected chi connectivity index (χ1v) is 10.8. The van der Waals surface area contributed by atoms with Gasteiger partial charge in [0.05, 0.1) is 12.5 Å². The van der Waals surface area contributed by atoms with Crippen LogP contribution < -0.4 is 0 Å². The minimum absolute atomic E-state index is 0.186. The molecule has 1 atom stereocenters. The van der Waals surface area contributed by atoms with E-state index >= 15 is 0 Å². The molecule has 1 unspecified atom stereocenters. The molecular formula is C25H42O3. The first kappa shape index (κ1) is 24.5. The Bertz CT molecular complexity index is 610. The molecule has 28 heavy (non-hydrogen) atoms. The van der Waals surface area contributed by atoms with E-state index in [0.29, 0.717) is 12.4 Å². The van der Waals surface area contributed by atoms with Gasteiger partial charge in [-0.25, -0.2) is 0 Å². The maximum Gasteiger partial charge on any atom is 0.313 e. The summed E-state index contributed by atoms with van der Waals surface area (Å²) in [6, 6.07) is 3.94. The molecule has 0 spiro atoms. The molecule has 0 aromatic heterocycles. The fourth-order valence-corrected chi connectivity index (χ4v) is 3.32.